The average Bonchev–Trinajstić information content (AvgIpc) is 3.56. The zero-order valence-electron chi connectivity index (χ0n) is 18.1. The summed E-state index contributed by atoms with van der Waals surface area (Å²) in [7, 11) is -3.01. The van der Waals surface area contributed by atoms with Crippen LogP contribution in [0.3, 0.4) is 0 Å². The third kappa shape index (κ3) is 5.11. The highest BCUT2D eigenvalue weighted by Crippen LogP contribution is 2.36. The van der Waals surface area contributed by atoms with E-state index < -0.39 is 9.84 Å². The van der Waals surface area contributed by atoms with Crippen LogP contribution in [0.25, 0.3) is 16.9 Å². The van der Waals surface area contributed by atoms with E-state index in [4.69, 9.17) is 44.9 Å². The number of amidine groups is 1. The van der Waals surface area contributed by atoms with Crippen LogP contribution in [0.15, 0.2) is 53.5 Å². The fourth-order valence-electron chi connectivity index (χ4n) is 3.71. The number of halogens is 3. The number of rotatable bonds is 5. The van der Waals surface area contributed by atoms with Crippen molar-refractivity contribution < 1.29 is 8.42 Å². The number of nitrogens with one attached hydrogen (secondary N) is 1. The lowest BCUT2D eigenvalue weighted by Gasteiger charge is -2.28. The lowest BCUT2D eigenvalue weighted by atomic mass is 10.1. The van der Waals surface area contributed by atoms with Gasteiger partial charge in [-0.3, -0.25) is 4.99 Å². The predicted molar refractivity (Wildman–Crippen MR) is 137 cm³/mol. The van der Waals surface area contributed by atoms with E-state index in [1.807, 2.05) is 35.3 Å². The Bertz CT molecular complexity index is 1340. The number of hydrogen-bond acceptors (Lipinski definition) is 5. The van der Waals surface area contributed by atoms with E-state index in [-0.39, 0.29) is 17.5 Å². The van der Waals surface area contributed by atoms with E-state index in [0.717, 1.165) is 18.4 Å². The van der Waals surface area contributed by atoms with Crippen LogP contribution in [0.1, 0.15) is 18.5 Å². The quantitative estimate of drug-likeness (QED) is 0.378. The Kier molecular flexibility index (Phi) is 6.61. The van der Waals surface area contributed by atoms with Gasteiger partial charge in [-0.15, -0.1) is 0 Å². The van der Waals surface area contributed by atoms with Crippen LogP contribution in [0.4, 0.5) is 0 Å². The van der Waals surface area contributed by atoms with E-state index >= 15 is 0 Å². The average molecular weight is 539 g/mol. The van der Waals surface area contributed by atoms with Gasteiger partial charge in [-0.25, -0.2) is 18.1 Å². The molecule has 1 aromatic heterocycles. The molecule has 2 aliphatic rings. The molecule has 3 aromatic rings. The van der Waals surface area contributed by atoms with Crippen molar-refractivity contribution in [2.24, 2.45) is 4.99 Å². The van der Waals surface area contributed by atoms with Gasteiger partial charge in [0, 0.05) is 23.7 Å². The van der Waals surface area contributed by atoms with Crippen LogP contribution < -0.4 is 5.43 Å². The van der Waals surface area contributed by atoms with Crippen LogP contribution in [0.2, 0.25) is 15.1 Å². The van der Waals surface area contributed by atoms with Crippen LogP contribution in [-0.4, -0.2) is 59.7 Å². The molecule has 0 unspecified atom stereocenters. The highest BCUT2D eigenvalue weighted by molar-refractivity contribution is 7.91. The number of sulfone groups is 1. The molecule has 0 radical (unpaired) electrons. The van der Waals surface area contributed by atoms with Crippen molar-refractivity contribution in [1.82, 2.24) is 20.2 Å². The summed E-state index contributed by atoms with van der Waals surface area (Å²) in [5.74, 6) is 0.705. The third-order valence-corrected chi connectivity index (χ3v) is 8.26. The van der Waals surface area contributed by atoms with Crippen molar-refractivity contribution in [2.45, 2.75) is 18.9 Å². The number of aliphatic imine (C=N–C) groups is 1. The summed E-state index contributed by atoms with van der Waals surface area (Å²) in [6, 6.07) is 14.9. The largest absolute Gasteiger partial charge is 0.301 e. The van der Waals surface area contributed by atoms with Crippen LogP contribution in [0, 0.1) is 0 Å². The fraction of sp³-hybridized carbons (Fsp3) is 0.304. The first-order valence-electron chi connectivity index (χ1n) is 10.9. The Balaban J connectivity index is 1.60. The minimum absolute atomic E-state index is 0.0918. The second-order valence-electron chi connectivity index (χ2n) is 8.34. The smallest absolute Gasteiger partial charge is 0.165 e. The molecule has 1 saturated heterocycles. The number of para-hydroxylation sites is 1. The molecule has 0 bridgehead atoms. The van der Waals surface area contributed by atoms with Gasteiger partial charge >= 0.3 is 0 Å². The van der Waals surface area contributed by atoms with Crippen molar-refractivity contribution in [1.29, 1.82) is 0 Å². The molecule has 0 spiro atoms. The van der Waals surface area contributed by atoms with Gasteiger partial charge in [0.1, 0.15) is 5.69 Å². The number of hydrazine groups is 1. The predicted octanol–water partition coefficient (Wildman–Crippen LogP) is 4.64. The van der Waals surface area contributed by atoms with Gasteiger partial charge in [-0.2, -0.15) is 5.10 Å². The van der Waals surface area contributed by atoms with Crippen LogP contribution >= 0.6 is 34.8 Å². The Labute approximate surface area is 213 Å². The minimum Gasteiger partial charge on any atom is -0.301 e. The molecule has 1 aliphatic heterocycles. The molecule has 1 aliphatic carbocycles. The van der Waals surface area contributed by atoms with Crippen molar-refractivity contribution >= 4 is 50.5 Å². The Morgan fingerprint density at radius 3 is 2.32 bits per heavy atom. The normalized spacial score (nSPS) is 18.7. The zero-order chi connectivity index (χ0) is 23.9. The molecule has 1 N–H and O–H groups in total. The summed E-state index contributed by atoms with van der Waals surface area (Å²) >= 11 is 19.6. The number of aromatic nitrogens is 2. The monoisotopic (exact) mass is 537 g/mol. The standard InChI is InChI=1S/C23H22Cl3N5O2S/c24-16-7-5-15(6-8-16)22-20(26)21(28-31(22)19-4-2-1-3-18(19)25)23(27-17-9-10-17)29-30-11-13-34(32,33)14-12-30/h1-8,17H,9-14H2,(H,27,29). The molecule has 5 rings (SSSR count). The summed E-state index contributed by atoms with van der Waals surface area (Å²) in [6.07, 6.45) is 1.99. The molecule has 7 nitrogen and oxygen atoms in total. The summed E-state index contributed by atoms with van der Waals surface area (Å²) in [6.45, 7) is 0.720. The molecule has 0 atom stereocenters. The number of benzene rings is 2. The van der Waals surface area contributed by atoms with Crippen LogP contribution in [-0.2, 0) is 9.84 Å². The summed E-state index contributed by atoms with van der Waals surface area (Å²) in [5.41, 5.74) is 5.93. The molecular weight excluding hydrogens is 517 g/mol. The molecule has 0 amide bonds. The van der Waals surface area contributed by atoms with Gasteiger partial charge in [0.15, 0.2) is 15.7 Å². The lowest BCUT2D eigenvalue weighted by Crippen LogP contribution is -2.50. The molecule has 1 saturated carbocycles. The van der Waals surface area contributed by atoms with E-state index in [0.29, 0.717) is 51.1 Å². The molecule has 11 heteroatoms. The van der Waals surface area contributed by atoms with Gasteiger partial charge in [-0.1, -0.05) is 59.1 Å². The molecule has 2 fully saturated rings. The molecule has 34 heavy (non-hydrogen) atoms. The van der Waals surface area contributed by atoms with Gasteiger partial charge in [-0.05, 0) is 37.1 Å². The Morgan fingerprint density at radius 2 is 1.68 bits per heavy atom. The first-order valence-corrected chi connectivity index (χ1v) is 13.9. The summed E-state index contributed by atoms with van der Waals surface area (Å²) in [5, 5.41) is 8.25. The summed E-state index contributed by atoms with van der Waals surface area (Å²) < 4.78 is 25.5. The maximum atomic E-state index is 11.9. The first kappa shape index (κ1) is 23.6. The molecule has 2 heterocycles. The topological polar surface area (TPSA) is 79.6 Å². The SMILES string of the molecule is O=S1(=O)CCN(NC(=NC2CC2)c2nn(-c3ccccc3Cl)c(-c3ccc(Cl)cc3)c2Cl)CC1. The maximum absolute atomic E-state index is 11.9. The first-order chi connectivity index (χ1) is 16.3. The second-order valence-corrected chi connectivity index (χ2v) is 11.9. The third-order valence-electron chi connectivity index (χ3n) is 5.72. The highest BCUT2D eigenvalue weighted by Gasteiger charge is 2.29. The van der Waals surface area contributed by atoms with Crippen molar-refractivity contribution in [2.75, 3.05) is 24.6 Å². The van der Waals surface area contributed by atoms with E-state index in [9.17, 15) is 8.42 Å². The van der Waals surface area contributed by atoms with E-state index in [2.05, 4.69) is 5.43 Å². The highest BCUT2D eigenvalue weighted by atomic mass is 35.5. The Hall–Kier alpha value is -2.10. The Morgan fingerprint density at radius 1 is 1.00 bits per heavy atom. The van der Waals surface area contributed by atoms with E-state index in [1.54, 1.807) is 22.9 Å². The number of hydrogen-bond donors (Lipinski definition) is 1. The van der Waals surface area contributed by atoms with Gasteiger partial charge < -0.3 is 5.43 Å². The van der Waals surface area contributed by atoms with Crippen molar-refractivity contribution in [3.05, 3.63) is 69.3 Å². The van der Waals surface area contributed by atoms with Crippen molar-refractivity contribution in [3.8, 4) is 16.9 Å². The van der Waals surface area contributed by atoms with Gasteiger partial charge in [0.05, 0.1) is 39.0 Å². The lowest BCUT2D eigenvalue weighted by molar-refractivity contribution is 0.255. The van der Waals surface area contributed by atoms with Crippen LogP contribution in [0.5, 0.6) is 0 Å². The molecular formula is C23H22Cl3N5O2S. The summed E-state index contributed by atoms with van der Waals surface area (Å²) in [4.78, 5) is 4.83. The molecule has 2 aromatic carbocycles. The van der Waals surface area contributed by atoms with Gasteiger partial charge in [0.2, 0.25) is 0 Å². The zero-order valence-corrected chi connectivity index (χ0v) is 21.2. The van der Waals surface area contributed by atoms with E-state index in [1.165, 1.54) is 0 Å². The number of nitrogens with zero attached hydrogens (tertiary/aromatic N) is 4. The second kappa shape index (κ2) is 9.51. The molecule has 178 valence electrons. The van der Waals surface area contributed by atoms with Crippen molar-refractivity contribution in [3.63, 3.8) is 0 Å². The minimum atomic E-state index is -3.01. The van der Waals surface area contributed by atoms with Gasteiger partial charge in [0.25, 0.3) is 0 Å². The maximum Gasteiger partial charge on any atom is 0.165 e. The fourth-order valence-corrected chi connectivity index (χ4v) is 5.57.